The second-order valence-electron chi connectivity index (χ2n) is 8.02. The van der Waals surface area contributed by atoms with Crippen LogP contribution >= 0.6 is 0 Å². The molecule has 0 atom stereocenters. The molecule has 2 aliphatic heterocycles. The molecular formula is C21H28F4N2O4. The van der Waals surface area contributed by atoms with Crippen LogP contribution in [0, 0.1) is 11.2 Å². The van der Waals surface area contributed by atoms with Gasteiger partial charge in [-0.1, -0.05) is 12.1 Å². The molecule has 1 spiro atoms. The van der Waals surface area contributed by atoms with E-state index < -0.39 is 12.1 Å². The van der Waals surface area contributed by atoms with Crippen LogP contribution in [0.3, 0.4) is 0 Å². The van der Waals surface area contributed by atoms with Crippen molar-refractivity contribution in [2.45, 2.75) is 38.4 Å². The van der Waals surface area contributed by atoms with Gasteiger partial charge in [-0.05, 0) is 55.5 Å². The highest BCUT2D eigenvalue weighted by atomic mass is 19.4. The number of carbonyl (C=O) groups is 2. The number of amides is 1. The summed E-state index contributed by atoms with van der Waals surface area (Å²) in [6.45, 7) is 5.14. The average molecular weight is 448 g/mol. The maximum Gasteiger partial charge on any atom is 0.490 e. The molecule has 0 bridgehead atoms. The number of halogens is 4. The highest BCUT2D eigenvalue weighted by Gasteiger charge is 2.41. The van der Waals surface area contributed by atoms with Crippen LogP contribution in [-0.4, -0.2) is 72.9 Å². The van der Waals surface area contributed by atoms with Gasteiger partial charge >= 0.3 is 12.1 Å². The molecule has 0 aromatic heterocycles. The van der Waals surface area contributed by atoms with Gasteiger partial charge in [-0.15, -0.1) is 0 Å². The summed E-state index contributed by atoms with van der Waals surface area (Å²) in [5.74, 6) is -2.70. The first kappa shape index (κ1) is 25.1. The Morgan fingerprint density at radius 2 is 1.77 bits per heavy atom. The zero-order chi connectivity index (χ0) is 23.1. The largest absolute Gasteiger partial charge is 0.490 e. The molecule has 1 N–H and O–H groups in total. The molecule has 31 heavy (non-hydrogen) atoms. The van der Waals surface area contributed by atoms with E-state index in [4.69, 9.17) is 14.6 Å². The Hall–Kier alpha value is -2.20. The number of nitrogens with zero attached hydrogens (tertiary/aromatic N) is 2. The molecule has 1 aromatic carbocycles. The van der Waals surface area contributed by atoms with Gasteiger partial charge in [0.25, 0.3) is 0 Å². The molecule has 3 rings (SSSR count). The fourth-order valence-electron chi connectivity index (χ4n) is 3.98. The van der Waals surface area contributed by atoms with Crippen molar-refractivity contribution in [1.82, 2.24) is 9.80 Å². The van der Waals surface area contributed by atoms with Crippen LogP contribution in [0.5, 0.6) is 0 Å². The Bertz CT molecular complexity index is 749. The first-order chi connectivity index (χ1) is 14.5. The standard InChI is InChI=1S/C19H27FN2O2.C2HF3O2/c1-24-12-5-18(23)22-11-8-19(15-22)6-9-21(10-7-19)14-16-3-2-4-17(20)13-16;3-2(4,5)1(6)7/h2-4,13H,5-12,14-15H2,1H3;(H,6,7). The van der Waals surface area contributed by atoms with Gasteiger partial charge in [-0.2, -0.15) is 13.2 Å². The number of piperidine rings is 1. The monoisotopic (exact) mass is 448 g/mol. The van der Waals surface area contributed by atoms with Crippen molar-refractivity contribution in [2.24, 2.45) is 5.41 Å². The van der Waals surface area contributed by atoms with E-state index in [0.29, 0.717) is 18.4 Å². The highest BCUT2D eigenvalue weighted by Crippen LogP contribution is 2.40. The van der Waals surface area contributed by atoms with Crippen LogP contribution in [0.1, 0.15) is 31.2 Å². The smallest absolute Gasteiger partial charge is 0.475 e. The summed E-state index contributed by atoms with van der Waals surface area (Å²) in [5, 5.41) is 7.12. The van der Waals surface area contributed by atoms with E-state index in [1.54, 1.807) is 19.2 Å². The van der Waals surface area contributed by atoms with Crippen molar-refractivity contribution in [3.8, 4) is 0 Å². The molecule has 174 valence electrons. The first-order valence-electron chi connectivity index (χ1n) is 10.1. The second-order valence-corrected chi connectivity index (χ2v) is 8.02. The molecular weight excluding hydrogens is 420 g/mol. The number of carboxylic acid groups (broad SMARTS) is 1. The normalized spacial score (nSPS) is 18.5. The van der Waals surface area contributed by atoms with Crippen LogP contribution < -0.4 is 0 Å². The lowest BCUT2D eigenvalue weighted by Crippen LogP contribution is -2.42. The summed E-state index contributed by atoms with van der Waals surface area (Å²) in [6.07, 6.45) is -1.25. The van der Waals surface area contributed by atoms with Crippen molar-refractivity contribution in [3.63, 3.8) is 0 Å². The molecule has 2 aliphatic rings. The summed E-state index contributed by atoms with van der Waals surface area (Å²) in [6, 6.07) is 6.87. The summed E-state index contributed by atoms with van der Waals surface area (Å²) < 4.78 is 50.0. The molecule has 2 fully saturated rings. The molecule has 6 nitrogen and oxygen atoms in total. The lowest BCUT2D eigenvalue weighted by Gasteiger charge is -2.39. The minimum absolute atomic E-state index is 0.165. The highest BCUT2D eigenvalue weighted by molar-refractivity contribution is 5.76. The Morgan fingerprint density at radius 1 is 1.16 bits per heavy atom. The van der Waals surface area contributed by atoms with E-state index in [0.717, 1.165) is 57.5 Å². The third-order valence-corrected chi connectivity index (χ3v) is 5.77. The number of benzene rings is 1. The molecule has 10 heteroatoms. The number of hydrogen-bond donors (Lipinski definition) is 1. The van der Waals surface area contributed by atoms with Crippen molar-refractivity contribution >= 4 is 11.9 Å². The molecule has 1 aromatic rings. The minimum Gasteiger partial charge on any atom is -0.475 e. The van der Waals surface area contributed by atoms with E-state index in [1.807, 2.05) is 11.0 Å². The van der Waals surface area contributed by atoms with Crippen LogP contribution in [0.25, 0.3) is 0 Å². The van der Waals surface area contributed by atoms with E-state index in [1.165, 1.54) is 6.07 Å². The van der Waals surface area contributed by atoms with Crippen LogP contribution in [-0.2, 0) is 20.9 Å². The van der Waals surface area contributed by atoms with Gasteiger partial charge in [0, 0.05) is 26.7 Å². The van der Waals surface area contributed by atoms with E-state index in [-0.39, 0.29) is 11.7 Å². The second kappa shape index (κ2) is 10.9. The number of alkyl halides is 3. The van der Waals surface area contributed by atoms with Gasteiger partial charge in [0.1, 0.15) is 5.82 Å². The van der Waals surface area contributed by atoms with Crippen LogP contribution in [0.4, 0.5) is 17.6 Å². The van der Waals surface area contributed by atoms with Gasteiger partial charge in [0.05, 0.1) is 13.0 Å². The lowest BCUT2D eigenvalue weighted by molar-refractivity contribution is -0.192. The summed E-state index contributed by atoms with van der Waals surface area (Å²) in [7, 11) is 1.63. The van der Waals surface area contributed by atoms with Crippen molar-refractivity contribution in [2.75, 3.05) is 39.9 Å². The fraction of sp³-hybridized carbons (Fsp3) is 0.619. The van der Waals surface area contributed by atoms with E-state index in [2.05, 4.69) is 4.90 Å². The number of methoxy groups -OCH3 is 1. The Morgan fingerprint density at radius 3 is 2.32 bits per heavy atom. The molecule has 0 radical (unpaired) electrons. The Labute approximate surface area is 178 Å². The summed E-state index contributed by atoms with van der Waals surface area (Å²) in [5.41, 5.74) is 1.33. The Kier molecular flexibility index (Phi) is 8.81. The first-order valence-corrected chi connectivity index (χ1v) is 10.1. The maximum atomic E-state index is 13.3. The molecule has 2 saturated heterocycles. The number of rotatable bonds is 5. The summed E-state index contributed by atoms with van der Waals surface area (Å²) >= 11 is 0. The number of carboxylic acids is 1. The molecule has 0 aliphatic carbocycles. The average Bonchev–Trinajstić information content (AvgIpc) is 3.12. The quantitative estimate of drug-likeness (QED) is 0.700. The zero-order valence-electron chi connectivity index (χ0n) is 17.5. The maximum absolute atomic E-state index is 13.3. The van der Waals surface area contributed by atoms with Crippen LogP contribution in [0.2, 0.25) is 0 Å². The third-order valence-electron chi connectivity index (χ3n) is 5.77. The number of hydrogen-bond acceptors (Lipinski definition) is 4. The number of carbonyl (C=O) groups excluding carboxylic acids is 1. The fourth-order valence-corrected chi connectivity index (χ4v) is 3.98. The minimum atomic E-state index is -5.08. The predicted molar refractivity (Wildman–Crippen MR) is 105 cm³/mol. The van der Waals surface area contributed by atoms with Gasteiger partial charge in [-0.3, -0.25) is 9.69 Å². The van der Waals surface area contributed by atoms with E-state index >= 15 is 0 Å². The summed E-state index contributed by atoms with van der Waals surface area (Å²) in [4.78, 5) is 25.5. The predicted octanol–water partition coefficient (Wildman–Crippen LogP) is 3.31. The van der Waals surface area contributed by atoms with Crippen molar-refractivity contribution in [3.05, 3.63) is 35.6 Å². The number of ether oxygens (including phenoxy) is 1. The third kappa shape index (κ3) is 7.77. The number of likely N-dealkylation sites (tertiary alicyclic amines) is 2. The SMILES string of the molecule is COCCC(=O)N1CCC2(CCN(Cc3cccc(F)c3)CC2)C1.O=C(O)C(F)(F)F. The van der Waals surface area contributed by atoms with E-state index in [9.17, 15) is 22.4 Å². The van der Waals surface area contributed by atoms with Gasteiger partial charge < -0.3 is 14.7 Å². The van der Waals surface area contributed by atoms with Crippen molar-refractivity contribution in [1.29, 1.82) is 0 Å². The van der Waals surface area contributed by atoms with Crippen LogP contribution in [0.15, 0.2) is 24.3 Å². The Balaban J connectivity index is 0.000000423. The zero-order valence-corrected chi connectivity index (χ0v) is 17.5. The molecule has 2 heterocycles. The van der Waals surface area contributed by atoms with Gasteiger partial charge in [0.15, 0.2) is 0 Å². The van der Waals surface area contributed by atoms with Gasteiger partial charge in [-0.25, -0.2) is 9.18 Å². The molecule has 0 saturated carbocycles. The van der Waals surface area contributed by atoms with Gasteiger partial charge in [0.2, 0.25) is 5.91 Å². The lowest BCUT2D eigenvalue weighted by atomic mass is 9.77. The molecule has 0 unspecified atom stereocenters. The number of aliphatic carboxylic acids is 1. The van der Waals surface area contributed by atoms with Crippen molar-refractivity contribution < 1.29 is 37.0 Å². The molecule has 1 amide bonds. The topological polar surface area (TPSA) is 70.1 Å².